The molecule has 2 heterocycles. The largest absolute Gasteiger partial charge is 0.444 e. The molecule has 0 bridgehead atoms. The number of imide groups is 1. The lowest BCUT2D eigenvalue weighted by Crippen LogP contribution is -2.45. The van der Waals surface area contributed by atoms with E-state index < -0.39 is 11.5 Å². The highest BCUT2D eigenvalue weighted by molar-refractivity contribution is 6.00. The number of carbonyl (C=O) groups is 3. The summed E-state index contributed by atoms with van der Waals surface area (Å²) in [5.41, 5.74) is 0.725. The first-order chi connectivity index (χ1) is 17.6. The number of nitrogens with one attached hydrogen (secondary N) is 3. The van der Waals surface area contributed by atoms with Crippen LogP contribution in [0.1, 0.15) is 83.6 Å². The van der Waals surface area contributed by atoms with E-state index in [0.29, 0.717) is 29.6 Å². The highest BCUT2D eigenvalue weighted by Gasteiger charge is 2.30. The quantitative estimate of drug-likeness (QED) is 0.495. The van der Waals surface area contributed by atoms with Gasteiger partial charge < -0.3 is 20.3 Å². The number of hydrogen-bond donors (Lipinski definition) is 3. The number of hydrogen-bond acceptors (Lipinski definition) is 6. The molecule has 1 saturated carbocycles. The summed E-state index contributed by atoms with van der Waals surface area (Å²) in [6.07, 6.45) is 6.32. The van der Waals surface area contributed by atoms with Crippen molar-refractivity contribution in [3.8, 4) is 0 Å². The fourth-order valence-corrected chi connectivity index (χ4v) is 5.64. The van der Waals surface area contributed by atoms with Crippen LogP contribution in [0.4, 0.5) is 14.9 Å². The third-order valence-electron chi connectivity index (χ3n) is 7.71. The molecule has 2 aliphatic heterocycles. The molecule has 2 saturated heterocycles. The van der Waals surface area contributed by atoms with Gasteiger partial charge in [0.1, 0.15) is 11.4 Å². The molecule has 1 aromatic carbocycles. The zero-order valence-corrected chi connectivity index (χ0v) is 22.3. The van der Waals surface area contributed by atoms with Crippen LogP contribution in [0.15, 0.2) is 18.2 Å². The number of amides is 3. The molecule has 37 heavy (non-hydrogen) atoms. The summed E-state index contributed by atoms with van der Waals surface area (Å²) in [5, 5.41) is 9.06. The maximum absolute atomic E-state index is 15.0. The van der Waals surface area contributed by atoms with Gasteiger partial charge in [-0.15, -0.1) is 0 Å². The normalized spacial score (nSPS) is 25.5. The summed E-state index contributed by atoms with van der Waals surface area (Å²) in [5.74, 6) is -0.834. The predicted molar refractivity (Wildman–Crippen MR) is 140 cm³/mol. The Kier molecular flexibility index (Phi) is 8.72. The van der Waals surface area contributed by atoms with Crippen molar-refractivity contribution < 1.29 is 23.5 Å². The zero-order chi connectivity index (χ0) is 26.6. The van der Waals surface area contributed by atoms with Gasteiger partial charge in [0.05, 0.1) is 11.6 Å². The van der Waals surface area contributed by atoms with E-state index in [1.54, 1.807) is 6.07 Å². The van der Waals surface area contributed by atoms with E-state index in [1.165, 1.54) is 6.07 Å². The van der Waals surface area contributed by atoms with Crippen LogP contribution in [0.3, 0.4) is 0 Å². The van der Waals surface area contributed by atoms with E-state index >= 15 is 0 Å². The average molecular weight is 517 g/mol. The standard InChI is InChI=1S/C28H41FN4O4/c1-28(2,3)37-27(36)31-21-7-5-20(6-8-21)30-17-18-12-14-33(15-13-18)24-10-4-19(16-23(24)29)22-9-11-25(34)32-26(22)35/h4,10,16,18,20-22,30H,5-9,11-15,17H2,1-3H3,(H,31,36)(H,32,34,35). The van der Waals surface area contributed by atoms with Gasteiger partial charge >= 0.3 is 6.09 Å². The van der Waals surface area contributed by atoms with Crippen LogP contribution in [0.2, 0.25) is 0 Å². The maximum Gasteiger partial charge on any atom is 0.407 e. The minimum Gasteiger partial charge on any atom is -0.444 e. The SMILES string of the molecule is CC(C)(C)OC(=O)NC1CCC(NCC2CCN(c3ccc(C4CCC(=O)NC4=O)cc3F)CC2)CC1. The zero-order valence-electron chi connectivity index (χ0n) is 22.3. The second-order valence-electron chi connectivity index (χ2n) is 11.7. The molecule has 204 valence electrons. The Bertz CT molecular complexity index is 979. The summed E-state index contributed by atoms with van der Waals surface area (Å²) in [6, 6.07) is 5.69. The Hall–Kier alpha value is -2.68. The number of ether oxygens (including phenoxy) is 1. The molecular weight excluding hydrogens is 475 g/mol. The van der Waals surface area contributed by atoms with Crippen LogP contribution < -0.4 is 20.9 Å². The van der Waals surface area contributed by atoms with Gasteiger partial charge in [-0.2, -0.15) is 0 Å². The van der Waals surface area contributed by atoms with Crippen LogP contribution >= 0.6 is 0 Å². The lowest BCUT2D eigenvalue weighted by Gasteiger charge is -2.36. The van der Waals surface area contributed by atoms with Crippen LogP contribution in [0.25, 0.3) is 0 Å². The van der Waals surface area contributed by atoms with E-state index in [9.17, 15) is 18.8 Å². The third kappa shape index (κ3) is 7.66. The highest BCUT2D eigenvalue weighted by atomic mass is 19.1. The molecule has 1 unspecified atom stereocenters. The Morgan fingerprint density at radius 2 is 1.73 bits per heavy atom. The minimum atomic E-state index is -0.483. The fraction of sp³-hybridized carbons (Fsp3) is 0.679. The van der Waals surface area contributed by atoms with Crippen molar-refractivity contribution in [1.29, 1.82) is 0 Å². The fourth-order valence-electron chi connectivity index (χ4n) is 5.64. The Morgan fingerprint density at radius 3 is 2.35 bits per heavy atom. The van der Waals surface area contributed by atoms with Gasteiger partial charge in [-0.3, -0.25) is 14.9 Å². The van der Waals surface area contributed by atoms with E-state index in [2.05, 4.69) is 20.9 Å². The van der Waals surface area contributed by atoms with Crippen molar-refractivity contribution >= 4 is 23.6 Å². The molecular formula is C28H41FN4O4. The lowest BCUT2D eigenvalue weighted by atomic mass is 9.89. The van der Waals surface area contributed by atoms with Crippen molar-refractivity contribution in [2.75, 3.05) is 24.5 Å². The molecule has 0 radical (unpaired) electrons. The monoisotopic (exact) mass is 516 g/mol. The van der Waals surface area contributed by atoms with E-state index in [-0.39, 0.29) is 36.2 Å². The maximum atomic E-state index is 15.0. The first-order valence-electron chi connectivity index (χ1n) is 13.7. The van der Waals surface area contributed by atoms with Crippen molar-refractivity contribution in [3.05, 3.63) is 29.6 Å². The summed E-state index contributed by atoms with van der Waals surface area (Å²) < 4.78 is 20.3. The molecule has 3 N–H and O–H groups in total. The van der Waals surface area contributed by atoms with Crippen LogP contribution in [-0.2, 0) is 14.3 Å². The molecule has 0 spiro atoms. The van der Waals surface area contributed by atoms with Gasteiger partial charge in [-0.05, 0) is 95.9 Å². The topological polar surface area (TPSA) is 99.8 Å². The second kappa shape index (κ2) is 11.8. The number of piperidine rings is 2. The number of halogens is 1. The Balaban J connectivity index is 1.17. The van der Waals surface area contributed by atoms with Crippen LogP contribution in [-0.4, -0.2) is 55.2 Å². The van der Waals surface area contributed by atoms with Crippen molar-refractivity contribution in [2.45, 2.75) is 95.7 Å². The van der Waals surface area contributed by atoms with Crippen molar-refractivity contribution in [1.82, 2.24) is 16.0 Å². The van der Waals surface area contributed by atoms with E-state index in [0.717, 1.165) is 58.2 Å². The van der Waals surface area contributed by atoms with Gasteiger partial charge in [-0.1, -0.05) is 6.07 Å². The number of alkyl carbamates (subject to hydrolysis) is 1. The number of anilines is 1. The van der Waals surface area contributed by atoms with Crippen LogP contribution in [0, 0.1) is 11.7 Å². The number of carbonyl (C=O) groups excluding carboxylic acids is 3. The van der Waals surface area contributed by atoms with Crippen molar-refractivity contribution in [3.63, 3.8) is 0 Å². The smallest absolute Gasteiger partial charge is 0.407 e. The predicted octanol–water partition coefficient (Wildman–Crippen LogP) is 3.99. The summed E-state index contributed by atoms with van der Waals surface area (Å²) in [7, 11) is 0. The second-order valence-corrected chi connectivity index (χ2v) is 11.7. The Morgan fingerprint density at radius 1 is 1.05 bits per heavy atom. The summed E-state index contributed by atoms with van der Waals surface area (Å²) in [4.78, 5) is 37.6. The van der Waals surface area contributed by atoms with Crippen molar-refractivity contribution in [2.24, 2.45) is 5.92 Å². The number of rotatable bonds is 6. The molecule has 4 rings (SSSR count). The Labute approximate surface area is 219 Å². The number of benzene rings is 1. The van der Waals surface area contributed by atoms with E-state index in [4.69, 9.17) is 4.74 Å². The third-order valence-corrected chi connectivity index (χ3v) is 7.71. The summed E-state index contributed by atoms with van der Waals surface area (Å²) >= 11 is 0. The van der Waals surface area contributed by atoms with Gasteiger partial charge in [0.15, 0.2) is 0 Å². The van der Waals surface area contributed by atoms with Gasteiger partial charge in [0.25, 0.3) is 0 Å². The van der Waals surface area contributed by atoms with Crippen LogP contribution in [0.5, 0.6) is 0 Å². The van der Waals surface area contributed by atoms with Gasteiger partial charge in [-0.25, -0.2) is 9.18 Å². The number of nitrogens with zero attached hydrogens (tertiary/aromatic N) is 1. The molecule has 1 aliphatic carbocycles. The van der Waals surface area contributed by atoms with Gasteiger partial charge in [0, 0.05) is 31.6 Å². The average Bonchev–Trinajstić information content (AvgIpc) is 2.83. The first kappa shape index (κ1) is 27.4. The molecule has 3 fully saturated rings. The molecule has 3 aliphatic rings. The summed E-state index contributed by atoms with van der Waals surface area (Å²) in [6.45, 7) is 8.16. The molecule has 1 atom stereocenters. The molecule has 0 aromatic heterocycles. The first-order valence-corrected chi connectivity index (χ1v) is 13.7. The molecule has 3 amide bonds. The lowest BCUT2D eigenvalue weighted by molar-refractivity contribution is -0.134. The highest BCUT2D eigenvalue weighted by Crippen LogP contribution is 2.31. The molecule has 9 heteroatoms. The molecule has 1 aromatic rings. The minimum absolute atomic E-state index is 0.174. The van der Waals surface area contributed by atoms with Gasteiger partial charge in [0.2, 0.25) is 11.8 Å². The van der Waals surface area contributed by atoms with E-state index in [1.807, 2.05) is 26.8 Å². The molecule has 8 nitrogen and oxygen atoms in total.